The first-order valence-electron chi connectivity index (χ1n) is 14.1. The number of carbonyl (C=O) groups is 3. The van der Waals surface area contributed by atoms with Crippen molar-refractivity contribution in [2.24, 2.45) is 0 Å². The minimum Gasteiger partial charge on any atom is -0.496 e. The van der Waals surface area contributed by atoms with E-state index >= 15 is 0 Å². The maximum Gasteiger partial charge on any atom is 0.272 e. The second kappa shape index (κ2) is 15.6. The number of carbonyl (C=O) groups excluding carboxylic acids is 3. The molecule has 3 amide bonds. The second-order valence-electron chi connectivity index (χ2n) is 9.68. The molecule has 11 heteroatoms. The van der Waals surface area contributed by atoms with E-state index in [4.69, 9.17) is 9.47 Å². The summed E-state index contributed by atoms with van der Waals surface area (Å²) in [5.41, 5.74) is 3.12. The minimum absolute atomic E-state index is 0.0340. The van der Waals surface area contributed by atoms with Crippen molar-refractivity contribution in [1.29, 1.82) is 0 Å². The Morgan fingerprint density at radius 2 is 1.54 bits per heavy atom. The summed E-state index contributed by atoms with van der Waals surface area (Å²) in [6.07, 6.45) is 1.57. The number of methoxy groups -OCH3 is 2. The molecule has 9 nitrogen and oxygen atoms in total. The fraction of sp³-hybridized carbons (Fsp3) is 0.0857. The van der Waals surface area contributed by atoms with Crippen LogP contribution >= 0.6 is 23.1 Å². The van der Waals surface area contributed by atoms with Crippen LogP contribution in [-0.2, 0) is 9.59 Å². The predicted octanol–water partition coefficient (Wildman–Crippen LogP) is 6.97. The molecule has 232 valence electrons. The summed E-state index contributed by atoms with van der Waals surface area (Å²) in [4.78, 5) is 44.5. The Kier molecular flexibility index (Phi) is 10.8. The number of hydrogen-bond acceptors (Lipinski definition) is 8. The Balaban J connectivity index is 1.24. The quantitative estimate of drug-likeness (QED) is 0.0986. The van der Waals surface area contributed by atoms with Gasteiger partial charge in [-0.2, -0.15) is 0 Å². The first-order chi connectivity index (χ1) is 22.4. The fourth-order valence-electron chi connectivity index (χ4n) is 4.36. The maximum absolute atomic E-state index is 13.5. The molecule has 0 radical (unpaired) electrons. The van der Waals surface area contributed by atoms with Gasteiger partial charge >= 0.3 is 0 Å². The van der Waals surface area contributed by atoms with Crippen LogP contribution in [0, 0.1) is 0 Å². The van der Waals surface area contributed by atoms with Crippen LogP contribution in [0.5, 0.6) is 11.5 Å². The van der Waals surface area contributed by atoms with E-state index in [9.17, 15) is 14.4 Å². The molecule has 1 aromatic heterocycles. The third-order valence-electron chi connectivity index (χ3n) is 6.56. The Bertz CT molecular complexity index is 1870. The highest BCUT2D eigenvalue weighted by Crippen LogP contribution is 2.32. The van der Waals surface area contributed by atoms with Crippen LogP contribution < -0.4 is 25.4 Å². The Morgan fingerprint density at radius 3 is 2.33 bits per heavy atom. The molecule has 0 unspecified atom stereocenters. The average molecular weight is 651 g/mol. The third-order valence-corrected chi connectivity index (χ3v) is 8.31. The zero-order chi connectivity index (χ0) is 32.3. The lowest BCUT2D eigenvalue weighted by atomic mass is 10.1. The van der Waals surface area contributed by atoms with E-state index < -0.39 is 11.8 Å². The number of amides is 3. The Morgan fingerprint density at radius 1 is 0.826 bits per heavy atom. The van der Waals surface area contributed by atoms with Crippen LogP contribution in [0.1, 0.15) is 15.9 Å². The highest BCUT2D eigenvalue weighted by molar-refractivity contribution is 8.00. The van der Waals surface area contributed by atoms with Crippen molar-refractivity contribution in [3.8, 4) is 22.8 Å². The number of hydrogen-bond donors (Lipinski definition) is 3. The van der Waals surface area contributed by atoms with Crippen molar-refractivity contribution in [2.45, 2.75) is 4.90 Å². The molecule has 0 aliphatic rings. The number of aromatic nitrogens is 1. The summed E-state index contributed by atoms with van der Waals surface area (Å²) in [5.74, 6) is 0.215. The first-order valence-corrected chi connectivity index (χ1v) is 15.9. The molecule has 0 saturated heterocycles. The van der Waals surface area contributed by atoms with Gasteiger partial charge in [-0.25, -0.2) is 4.98 Å². The molecule has 4 aromatic carbocycles. The standard InChI is InChI=1S/C35H30N4O5S2/c1-43-30-17-8-6-13-24(30)19-28(37-33(41)23-11-4-3-5-12-23)34(42)36-25-14-10-15-26(20-25)45-22-32(40)39-35-38-29(21-46-35)27-16-7-9-18-31(27)44-2/h3-21H,22H2,1-2H3,(H,36,42)(H,37,41)(H,38,39,40)/b28-19+. The molecule has 46 heavy (non-hydrogen) atoms. The van der Waals surface area contributed by atoms with Crippen molar-refractivity contribution in [2.75, 3.05) is 30.6 Å². The van der Waals surface area contributed by atoms with Gasteiger partial charge in [-0.15, -0.1) is 23.1 Å². The Labute approximate surface area is 274 Å². The highest BCUT2D eigenvalue weighted by Gasteiger charge is 2.17. The maximum atomic E-state index is 13.5. The van der Waals surface area contributed by atoms with Gasteiger partial charge in [-0.3, -0.25) is 14.4 Å². The summed E-state index contributed by atoms with van der Waals surface area (Å²) in [7, 11) is 3.14. The van der Waals surface area contributed by atoms with E-state index in [2.05, 4.69) is 20.9 Å². The lowest BCUT2D eigenvalue weighted by Crippen LogP contribution is -2.30. The first kappa shape index (κ1) is 32.0. The van der Waals surface area contributed by atoms with Gasteiger partial charge in [-0.05, 0) is 54.6 Å². The lowest BCUT2D eigenvalue weighted by Gasteiger charge is -2.13. The molecular weight excluding hydrogens is 621 g/mol. The van der Waals surface area contributed by atoms with E-state index in [0.29, 0.717) is 39.1 Å². The topological polar surface area (TPSA) is 119 Å². The van der Waals surface area contributed by atoms with E-state index in [-0.39, 0.29) is 17.4 Å². The van der Waals surface area contributed by atoms with Crippen LogP contribution in [0.4, 0.5) is 10.8 Å². The minimum atomic E-state index is -0.523. The highest BCUT2D eigenvalue weighted by atomic mass is 32.2. The molecule has 1 heterocycles. The smallest absolute Gasteiger partial charge is 0.272 e. The third kappa shape index (κ3) is 8.40. The monoisotopic (exact) mass is 650 g/mol. The molecule has 3 N–H and O–H groups in total. The number of ether oxygens (including phenoxy) is 2. The van der Waals surface area contributed by atoms with Crippen LogP contribution in [-0.4, -0.2) is 42.7 Å². The van der Waals surface area contributed by atoms with Crippen LogP contribution in [0.15, 0.2) is 119 Å². The van der Waals surface area contributed by atoms with Gasteiger partial charge in [0.1, 0.15) is 17.2 Å². The van der Waals surface area contributed by atoms with Crippen LogP contribution in [0.25, 0.3) is 17.3 Å². The van der Waals surface area contributed by atoms with Crippen molar-refractivity contribution in [3.63, 3.8) is 0 Å². The van der Waals surface area contributed by atoms with Crippen molar-refractivity contribution in [3.05, 3.63) is 125 Å². The summed E-state index contributed by atoms with van der Waals surface area (Å²) in [6, 6.07) is 30.5. The number of anilines is 2. The zero-order valence-corrected chi connectivity index (χ0v) is 26.6. The fourth-order valence-corrected chi connectivity index (χ4v) is 5.84. The molecule has 5 rings (SSSR count). The zero-order valence-electron chi connectivity index (χ0n) is 25.0. The molecule has 0 atom stereocenters. The number of para-hydroxylation sites is 2. The molecular formula is C35H30N4O5S2. The summed E-state index contributed by atoms with van der Waals surface area (Å²) < 4.78 is 10.8. The van der Waals surface area contributed by atoms with Gasteiger partial charge in [0, 0.05) is 32.7 Å². The molecule has 0 aliphatic carbocycles. The lowest BCUT2D eigenvalue weighted by molar-refractivity contribution is -0.114. The number of thiazole rings is 1. The number of nitrogens with zero attached hydrogens (tertiary/aromatic N) is 1. The number of rotatable bonds is 12. The number of thioether (sulfide) groups is 1. The van der Waals surface area contributed by atoms with Crippen molar-refractivity contribution in [1.82, 2.24) is 10.3 Å². The Hall–Kier alpha value is -5.39. The van der Waals surface area contributed by atoms with E-state index in [0.717, 1.165) is 10.5 Å². The SMILES string of the molecule is COc1ccccc1/C=C(/NC(=O)c1ccccc1)C(=O)Nc1cccc(SCC(=O)Nc2nc(-c3ccccc3OC)cs2)c1. The van der Waals surface area contributed by atoms with Gasteiger partial charge in [0.25, 0.3) is 11.8 Å². The van der Waals surface area contributed by atoms with Crippen molar-refractivity contribution >= 4 is 57.7 Å². The molecule has 0 fully saturated rings. The molecule has 5 aromatic rings. The molecule has 0 bridgehead atoms. The predicted molar refractivity (Wildman–Crippen MR) is 183 cm³/mol. The van der Waals surface area contributed by atoms with E-state index in [1.807, 2.05) is 53.9 Å². The van der Waals surface area contributed by atoms with Gasteiger partial charge in [0.15, 0.2) is 5.13 Å². The summed E-state index contributed by atoms with van der Waals surface area (Å²) in [5, 5.41) is 10.8. The van der Waals surface area contributed by atoms with E-state index in [1.54, 1.807) is 67.8 Å². The van der Waals surface area contributed by atoms with Gasteiger partial charge in [0.2, 0.25) is 5.91 Å². The number of nitrogens with one attached hydrogen (secondary N) is 3. The van der Waals surface area contributed by atoms with Gasteiger partial charge in [0.05, 0.1) is 25.7 Å². The molecule has 0 aliphatic heterocycles. The van der Waals surface area contributed by atoms with Crippen molar-refractivity contribution < 1.29 is 23.9 Å². The second-order valence-corrected chi connectivity index (χ2v) is 11.6. The van der Waals surface area contributed by atoms with Gasteiger partial charge < -0.3 is 25.4 Å². The largest absolute Gasteiger partial charge is 0.496 e. The van der Waals surface area contributed by atoms with E-state index in [1.165, 1.54) is 30.2 Å². The average Bonchev–Trinajstić information content (AvgIpc) is 3.55. The molecule has 0 saturated carbocycles. The normalized spacial score (nSPS) is 11.0. The molecule has 0 spiro atoms. The summed E-state index contributed by atoms with van der Waals surface area (Å²) in [6.45, 7) is 0. The van der Waals surface area contributed by atoms with Crippen LogP contribution in [0.2, 0.25) is 0 Å². The van der Waals surface area contributed by atoms with Gasteiger partial charge in [-0.1, -0.05) is 54.6 Å². The number of benzene rings is 4. The van der Waals surface area contributed by atoms with Crippen LogP contribution in [0.3, 0.4) is 0 Å². The summed E-state index contributed by atoms with van der Waals surface area (Å²) >= 11 is 2.65.